The normalized spacial score (nSPS) is 32.3. The molecule has 3 fully saturated rings. The topological polar surface area (TPSA) is 66.8 Å². The molecule has 5 atom stereocenters. The second-order valence-corrected chi connectivity index (χ2v) is 9.85. The van der Waals surface area contributed by atoms with Gasteiger partial charge in [0.15, 0.2) is 0 Å². The molecule has 0 amide bonds. The maximum absolute atomic E-state index is 10.6. The Morgan fingerprint density at radius 1 is 1.11 bits per heavy atom. The predicted molar refractivity (Wildman–Crippen MR) is 110 cm³/mol. The maximum atomic E-state index is 10.6. The molecule has 1 aliphatic carbocycles. The van der Waals surface area contributed by atoms with Crippen LogP contribution in [0.4, 0.5) is 0 Å². The van der Waals surface area contributed by atoms with Gasteiger partial charge in [0.25, 0.3) is 0 Å². The molecule has 2 saturated heterocycles. The largest absolute Gasteiger partial charge is 0.481 e. The van der Waals surface area contributed by atoms with E-state index in [2.05, 4.69) is 12.2 Å². The highest BCUT2D eigenvalue weighted by Crippen LogP contribution is 2.46. The molecule has 2 aliphatic heterocycles. The van der Waals surface area contributed by atoms with Gasteiger partial charge in [-0.05, 0) is 55.4 Å². The third-order valence-corrected chi connectivity index (χ3v) is 7.72. The molecule has 0 spiro atoms. The van der Waals surface area contributed by atoms with Crippen molar-refractivity contribution >= 4 is 17.7 Å². The van der Waals surface area contributed by atoms with E-state index in [0.29, 0.717) is 30.0 Å². The molecule has 2 heterocycles. The van der Waals surface area contributed by atoms with Crippen molar-refractivity contribution in [2.45, 2.75) is 88.9 Å². The Bertz CT molecular complexity index is 489. The van der Waals surface area contributed by atoms with E-state index in [9.17, 15) is 9.90 Å². The standard InChI is InChI=1S/C22H36O4S/c23-17(15-16-5-2-1-3-6-16)8-9-18-19(21-11-10-20(18)26-21)12-14-27-13-4-7-22(24)25/h8-9,16-21,23H,1-7,10-15H2,(H,24,25)/t17?,18-,19+,20-,21+/m1/s1. The van der Waals surface area contributed by atoms with Gasteiger partial charge in [0.1, 0.15) is 0 Å². The third-order valence-electron chi connectivity index (χ3n) is 6.62. The molecule has 27 heavy (non-hydrogen) atoms. The number of carboxylic acid groups (broad SMARTS) is 1. The monoisotopic (exact) mass is 396 g/mol. The molecule has 2 bridgehead atoms. The number of carboxylic acids is 1. The molecule has 5 heteroatoms. The number of rotatable bonds is 11. The van der Waals surface area contributed by atoms with E-state index < -0.39 is 5.97 Å². The molecule has 3 rings (SSSR count). The maximum Gasteiger partial charge on any atom is 0.303 e. The smallest absolute Gasteiger partial charge is 0.303 e. The Labute approximate surface area is 168 Å². The third kappa shape index (κ3) is 6.50. The summed E-state index contributed by atoms with van der Waals surface area (Å²) in [6.07, 6.45) is 16.7. The van der Waals surface area contributed by atoms with Crippen molar-refractivity contribution < 1.29 is 19.7 Å². The summed E-state index contributed by atoms with van der Waals surface area (Å²) in [4.78, 5) is 10.6. The number of carbonyl (C=O) groups is 1. The molecule has 154 valence electrons. The number of hydrogen-bond acceptors (Lipinski definition) is 4. The van der Waals surface area contributed by atoms with Crippen molar-refractivity contribution in [3.05, 3.63) is 12.2 Å². The van der Waals surface area contributed by atoms with E-state index in [1.165, 1.54) is 38.5 Å². The van der Waals surface area contributed by atoms with Gasteiger partial charge in [0, 0.05) is 12.3 Å². The van der Waals surface area contributed by atoms with Gasteiger partial charge >= 0.3 is 5.97 Å². The molecule has 1 unspecified atom stereocenters. The average Bonchev–Trinajstić information content (AvgIpc) is 3.25. The van der Waals surface area contributed by atoms with Crippen LogP contribution in [0.3, 0.4) is 0 Å². The minimum Gasteiger partial charge on any atom is -0.481 e. The van der Waals surface area contributed by atoms with Crippen LogP contribution in [0.5, 0.6) is 0 Å². The van der Waals surface area contributed by atoms with Crippen molar-refractivity contribution in [3.63, 3.8) is 0 Å². The van der Waals surface area contributed by atoms with Crippen LogP contribution in [0.25, 0.3) is 0 Å². The zero-order valence-electron chi connectivity index (χ0n) is 16.4. The summed E-state index contributed by atoms with van der Waals surface area (Å²) in [6, 6.07) is 0. The first-order valence-electron chi connectivity index (χ1n) is 10.9. The lowest BCUT2D eigenvalue weighted by Gasteiger charge is -2.26. The second-order valence-electron chi connectivity index (χ2n) is 8.62. The molecule has 0 aromatic rings. The number of aliphatic hydroxyl groups is 1. The summed E-state index contributed by atoms with van der Waals surface area (Å²) in [5, 5.41) is 19.2. The van der Waals surface area contributed by atoms with Gasteiger partial charge in [-0.15, -0.1) is 0 Å². The van der Waals surface area contributed by atoms with E-state index in [1.54, 1.807) is 0 Å². The number of ether oxygens (including phenoxy) is 1. The highest BCUT2D eigenvalue weighted by molar-refractivity contribution is 7.99. The quantitative estimate of drug-likeness (QED) is 0.393. The van der Waals surface area contributed by atoms with Crippen molar-refractivity contribution in [1.29, 1.82) is 0 Å². The van der Waals surface area contributed by atoms with Crippen molar-refractivity contribution in [1.82, 2.24) is 0 Å². The lowest BCUT2D eigenvalue weighted by molar-refractivity contribution is -0.137. The zero-order valence-corrected chi connectivity index (χ0v) is 17.2. The molecule has 0 aromatic heterocycles. The van der Waals surface area contributed by atoms with Gasteiger partial charge < -0.3 is 14.9 Å². The van der Waals surface area contributed by atoms with Crippen molar-refractivity contribution in [2.24, 2.45) is 17.8 Å². The van der Waals surface area contributed by atoms with E-state index in [-0.39, 0.29) is 12.5 Å². The van der Waals surface area contributed by atoms with Gasteiger partial charge in [-0.25, -0.2) is 0 Å². The van der Waals surface area contributed by atoms with Crippen LogP contribution >= 0.6 is 11.8 Å². The zero-order chi connectivity index (χ0) is 19.1. The molecular weight excluding hydrogens is 360 g/mol. The van der Waals surface area contributed by atoms with Gasteiger partial charge in [-0.2, -0.15) is 11.8 Å². The number of aliphatic carboxylic acids is 1. The highest BCUT2D eigenvalue weighted by Gasteiger charge is 2.47. The van der Waals surface area contributed by atoms with Crippen molar-refractivity contribution in [3.8, 4) is 0 Å². The van der Waals surface area contributed by atoms with Gasteiger partial charge in [0.05, 0.1) is 18.3 Å². The summed E-state index contributed by atoms with van der Waals surface area (Å²) in [6.45, 7) is 0. The number of fused-ring (bicyclic) bond motifs is 2. The Hall–Kier alpha value is -0.520. The summed E-state index contributed by atoms with van der Waals surface area (Å²) < 4.78 is 6.17. The lowest BCUT2D eigenvalue weighted by Crippen LogP contribution is -2.26. The fourth-order valence-corrected chi connectivity index (χ4v) is 6.19. The van der Waals surface area contributed by atoms with E-state index >= 15 is 0 Å². The van der Waals surface area contributed by atoms with Crippen LogP contribution in [-0.2, 0) is 9.53 Å². The van der Waals surface area contributed by atoms with Crippen LogP contribution in [0.15, 0.2) is 12.2 Å². The Kier molecular flexibility index (Phi) is 8.53. The number of aliphatic hydroxyl groups excluding tert-OH is 1. The lowest BCUT2D eigenvalue weighted by atomic mass is 9.77. The summed E-state index contributed by atoms with van der Waals surface area (Å²) in [5.41, 5.74) is 0. The molecule has 3 aliphatic rings. The van der Waals surface area contributed by atoms with E-state index in [1.807, 2.05) is 11.8 Å². The molecule has 0 radical (unpaired) electrons. The van der Waals surface area contributed by atoms with Crippen LogP contribution in [-0.4, -0.2) is 46.0 Å². The Morgan fingerprint density at radius 2 is 1.89 bits per heavy atom. The summed E-state index contributed by atoms with van der Waals surface area (Å²) >= 11 is 1.87. The van der Waals surface area contributed by atoms with Gasteiger partial charge in [-0.1, -0.05) is 44.3 Å². The van der Waals surface area contributed by atoms with E-state index in [0.717, 1.165) is 37.2 Å². The fourth-order valence-electron chi connectivity index (χ4n) is 5.20. The number of hydrogen-bond donors (Lipinski definition) is 2. The summed E-state index contributed by atoms with van der Waals surface area (Å²) in [7, 11) is 0. The minimum absolute atomic E-state index is 0.272. The summed E-state index contributed by atoms with van der Waals surface area (Å²) in [5.74, 6) is 3.01. The molecular formula is C22H36O4S. The predicted octanol–water partition coefficient (Wildman–Crippen LogP) is 4.66. The van der Waals surface area contributed by atoms with Crippen LogP contribution < -0.4 is 0 Å². The SMILES string of the molecule is O=C(O)CCCSCC[C@H]1[C@@H](C=CC(O)CC2CCCCC2)[C@H]2CC[C@@H]1O2. The number of thioether (sulfide) groups is 1. The first-order chi connectivity index (χ1) is 13.1. The average molecular weight is 397 g/mol. The van der Waals surface area contributed by atoms with Crippen LogP contribution in [0, 0.1) is 17.8 Å². The van der Waals surface area contributed by atoms with Gasteiger partial charge in [-0.3, -0.25) is 4.79 Å². The molecule has 2 N–H and O–H groups in total. The van der Waals surface area contributed by atoms with Crippen LogP contribution in [0.1, 0.15) is 70.6 Å². The van der Waals surface area contributed by atoms with E-state index in [4.69, 9.17) is 9.84 Å². The molecule has 4 nitrogen and oxygen atoms in total. The first-order valence-corrected chi connectivity index (χ1v) is 12.1. The molecule has 0 aromatic carbocycles. The Balaban J connectivity index is 1.41. The molecule has 1 saturated carbocycles. The minimum atomic E-state index is -0.700. The Morgan fingerprint density at radius 3 is 2.67 bits per heavy atom. The first kappa shape index (κ1) is 21.2. The second kappa shape index (κ2) is 10.9. The van der Waals surface area contributed by atoms with Crippen LogP contribution in [0.2, 0.25) is 0 Å². The van der Waals surface area contributed by atoms with Gasteiger partial charge in [0.2, 0.25) is 0 Å². The fraction of sp³-hybridized carbons (Fsp3) is 0.864. The van der Waals surface area contributed by atoms with Crippen molar-refractivity contribution in [2.75, 3.05) is 11.5 Å². The highest BCUT2D eigenvalue weighted by atomic mass is 32.2.